The minimum Gasteiger partial charge on any atom is -0.467 e. The third-order valence-electron chi connectivity index (χ3n) is 2.94. The molecule has 0 spiro atoms. The summed E-state index contributed by atoms with van der Waals surface area (Å²) in [6.07, 6.45) is 2.83. The second-order valence-corrected chi connectivity index (χ2v) is 3.85. The second kappa shape index (κ2) is 3.55. The topological polar surface area (TPSA) is 25.2 Å². The lowest BCUT2D eigenvalue weighted by Crippen LogP contribution is -2.30. The monoisotopic (exact) mass is 199 g/mol. The summed E-state index contributed by atoms with van der Waals surface area (Å²) in [4.78, 5) is 0. The number of nitrogens with one attached hydrogen (secondary N) is 1. The molecular weight excluding hydrogens is 186 g/mol. The summed E-state index contributed by atoms with van der Waals surface area (Å²) in [7, 11) is 0. The molecule has 0 fully saturated rings. The Morgan fingerprint density at radius 3 is 2.93 bits per heavy atom. The first-order valence-corrected chi connectivity index (χ1v) is 5.30. The van der Waals surface area contributed by atoms with E-state index in [9.17, 15) is 0 Å². The molecule has 1 aromatic heterocycles. The van der Waals surface area contributed by atoms with Crippen molar-refractivity contribution in [3.8, 4) is 0 Å². The first-order valence-electron chi connectivity index (χ1n) is 5.30. The molecule has 0 aliphatic carbocycles. The third kappa shape index (κ3) is 1.47. The van der Waals surface area contributed by atoms with Gasteiger partial charge < -0.3 is 9.73 Å². The van der Waals surface area contributed by atoms with E-state index in [0.717, 1.165) is 18.7 Å². The van der Waals surface area contributed by atoms with Gasteiger partial charge in [0.25, 0.3) is 0 Å². The van der Waals surface area contributed by atoms with E-state index in [1.807, 2.05) is 12.1 Å². The summed E-state index contributed by atoms with van der Waals surface area (Å²) >= 11 is 0. The molecule has 0 bridgehead atoms. The fourth-order valence-corrected chi connectivity index (χ4v) is 2.21. The van der Waals surface area contributed by atoms with Crippen molar-refractivity contribution in [2.75, 3.05) is 6.54 Å². The first kappa shape index (κ1) is 8.74. The molecular formula is C13H13NO. The average molecular weight is 199 g/mol. The molecule has 0 saturated heterocycles. The van der Waals surface area contributed by atoms with Crippen LogP contribution in [0.25, 0.3) is 0 Å². The molecule has 0 unspecified atom stereocenters. The van der Waals surface area contributed by atoms with E-state index >= 15 is 0 Å². The zero-order chi connectivity index (χ0) is 10.1. The number of hydrogen-bond donors (Lipinski definition) is 1. The predicted molar refractivity (Wildman–Crippen MR) is 58.7 cm³/mol. The van der Waals surface area contributed by atoms with Crippen LogP contribution >= 0.6 is 0 Å². The van der Waals surface area contributed by atoms with Gasteiger partial charge in [0, 0.05) is 6.54 Å². The molecule has 0 saturated carbocycles. The van der Waals surface area contributed by atoms with Crippen molar-refractivity contribution in [2.24, 2.45) is 0 Å². The van der Waals surface area contributed by atoms with Crippen molar-refractivity contribution in [3.63, 3.8) is 0 Å². The van der Waals surface area contributed by atoms with Gasteiger partial charge >= 0.3 is 0 Å². The van der Waals surface area contributed by atoms with Crippen LogP contribution in [0.2, 0.25) is 0 Å². The highest BCUT2D eigenvalue weighted by Gasteiger charge is 2.22. The van der Waals surface area contributed by atoms with E-state index in [4.69, 9.17) is 4.42 Å². The van der Waals surface area contributed by atoms with Gasteiger partial charge in [0.2, 0.25) is 0 Å². The maximum Gasteiger partial charge on any atom is 0.125 e. The van der Waals surface area contributed by atoms with Crippen molar-refractivity contribution < 1.29 is 4.42 Å². The summed E-state index contributed by atoms with van der Waals surface area (Å²) < 4.78 is 5.47. The Morgan fingerprint density at radius 2 is 2.07 bits per heavy atom. The maximum atomic E-state index is 5.47. The van der Waals surface area contributed by atoms with Crippen LogP contribution in [0, 0.1) is 0 Å². The summed E-state index contributed by atoms with van der Waals surface area (Å²) in [5, 5.41) is 3.48. The molecule has 3 rings (SSSR count). The van der Waals surface area contributed by atoms with E-state index in [1.54, 1.807) is 6.26 Å². The van der Waals surface area contributed by atoms with Crippen molar-refractivity contribution in [1.29, 1.82) is 0 Å². The lowest BCUT2D eigenvalue weighted by Gasteiger charge is -2.25. The van der Waals surface area contributed by atoms with Gasteiger partial charge in [-0.2, -0.15) is 0 Å². The highest BCUT2D eigenvalue weighted by atomic mass is 16.3. The molecule has 76 valence electrons. The van der Waals surface area contributed by atoms with E-state index < -0.39 is 0 Å². The molecule has 1 atom stereocenters. The highest BCUT2D eigenvalue weighted by molar-refractivity contribution is 5.36. The summed E-state index contributed by atoms with van der Waals surface area (Å²) in [6.45, 7) is 1.02. The number of furan rings is 1. The first-order chi connectivity index (χ1) is 7.45. The highest BCUT2D eigenvalue weighted by Crippen LogP contribution is 2.28. The SMILES string of the molecule is c1coc([C@@H]2NCCc3ccccc32)c1. The standard InChI is InChI=1S/C13H13NO/c1-2-5-11-10(4-1)7-8-14-13(11)12-6-3-9-15-12/h1-6,9,13-14H,7-8H2/t13-/m1/s1. The van der Waals surface area contributed by atoms with Crippen LogP contribution in [-0.2, 0) is 6.42 Å². The van der Waals surface area contributed by atoms with Crippen molar-refractivity contribution in [3.05, 3.63) is 59.5 Å². The molecule has 1 aliphatic heterocycles. The Balaban J connectivity index is 2.06. The average Bonchev–Trinajstić information content (AvgIpc) is 2.82. The molecule has 0 radical (unpaired) electrons. The Labute approximate surface area is 88.9 Å². The van der Waals surface area contributed by atoms with E-state index in [0.29, 0.717) is 0 Å². The molecule has 2 heteroatoms. The Morgan fingerprint density at radius 1 is 1.13 bits per heavy atom. The van der Waals surface area contributed by atoms with Gasteiger partial charge in [0.1, 0.15) is 5.76 Å². The van der Waals surface area contributed by atoms with Gasteiger partial charge in [-0.15, -0.1) is 0 Å². The fourth-order valence-electron chi connectivity index (χ4n) is 2.21. The van der Waals surface area contributed by atoms with Crippen LogP contribution in [0.4, 0.5) is 0 Å². The molecule has 0 amide bonds. The minimum absolute atomic E-state index is 0.227. The summed E-state index contributed by atoms with van der Waals surface area (Å²) in [5.41, 5.74) is 2.77. The van der Waals surface area contributed by atoms with Gasteiger partial charge in [-0.1, -0.05) is 24.3 Å². The predicted octanol–water partition coefficient (Wildman–Crippen LogP) is 2.51. The zero-order valence-corrected chi connectivity index (χ0v) is 8.44. The third-order valence-corrected chi connectivity index (χ3v) is 2.94. The zero-order valence-electron chi connectivity index (χ0n) is 8.44. The van der Waals surface area contributed by atoms with Gasteiger partial charge in [-0.05, 0) is 29.7 Å². The normalized spacial score (nSPS) is 19.9. The second-order valence-electron chi connectivity index (χ2n) is 3.85. The van der Waals surface area contributed by atoms with Crippen molar-refractivity contribution >= 4 is 0 Å². The molecule has 2 nitrogen and oxygen atoms in total. The van der Waals surface area contributed by atoms with Crippen LogP contribution in [0.15, 0.2) is 47.1 Å². The van der Waals surface area contributed by atoms with Gasteiger partial charge in [0.15, 0.2) is 0 Å². The van der Waals surface area contributed by atoms with Crippen LogP contribution in [0.3, 0.4) is 0 Å². The smallest absolute Gasteiger partial charge is 0.125 e. The quantitative estimate of drug-likeness (QED) is 0.763. The van der Waals surface area contributed by atoms with Crippen molar-refractivity contribution in [1.82, 2.24) is 5.32 Å². The molecule has 15 heavy (non-hydrogen) atoms. The van der Waals surface area contributed by atoms with Crippen LogP contribution in [0.1, 0.15) is 22.9 Å². The number of fused-ring (bicyclic) bond motifs is 1. The molecule has 1 aliphatic rings. The Hall–Kier alpha value is -1.54. The Bertz CT molecular complexity index is 447. The molecule has 2 aromatic rings. The number of benzene rings is 1. The molecule has 1 N–H and O–H groups in total. The summed E-state index contributed by atoms with van der Waals surface area (Å²) in [5.74, 6) is 1.00. The van der Waals surface area contributed by atoms with Crippen LogP contribution < -0.4 is 5.32 Å². The van der Waals surface area contributed by atoms with Crippen LogP contribution in [-0.4, -0.2) is 6.54 Å². The number of rotatable bonds is 1. The van der Waals surface area contributed by atoms with Gasteiger partial charge in [-0.3, -0.25) is 0 Å². The molecule has 1 aromatic carbocycles. The fraction of sp³-hybridized carbons (Fsp3) is 0.231. The minimum atomic E-state index is 0.227. The molecule has 2 heterocycles. The van der Waals surface area contributed by atoms with Gasteiger partial charge in [-0.25, -0.2) is 0 Å². The van der Waals surface area contributed by atoms with E-state index in [1.165, 1.54) is 11.1 Å². The lowest BCUT2D eigenvalue weighted by atomic mass is 9.93. The number of hydrogen-bond acceptors (Lipinski definition) is 2. The van der Waals surface area contributed by atoms with Gasteiger partial charge in [0.05, 0.1) is 12.3 Å². The maximum absolute atomic E-state index is 5.47. The van der Waals surface area contributed by atoms with Crippen LogP contribution in [0.5, 0.6) is 0 Å². The largest absolute Gasteiger partial charge is 0.467 e. The van der Waals surface area contributed by atoms with Crippen molar-refractivity contribution in [2.45, 2.75) is 12.5 Å². The lowest BCUT2D eigenvalue weighted by molar-refractivity contribution is 0.435. The Kier molecular flexibility index (Phi) is 2.07. The van der Waals surface area contributed by atoms with E-state index in [-0.39, 0.29) is 6.04 Å². The van der Waals surface area contributed by atoms with E-state index in [2.05, 4.69) is 29.6 Å². The summed E-state index contributed by atoms with van der Waals surface area (Å²) in [6, 6.07) is 12.8.